The van der Waals surface area contributed by atoms with Crippen molar-refractivity contribution < 1.29 is 28.0 Å². The van der Waals surface area contributed by atoms with Crippen LogP contribution >= 0.6 is 0 Å². The van der Waals surface area contributed by atoms with Gasteiger partial charge >= 0.3 is 11.9 Å². The second kappa shape index (κ2) is 9.75. The topological polar surface area (TPSA) is 52.6 Å². The molecule has 4 aliphatic carbocycles. The quantitative estimate of drug-likeness (QED) is 0.370. The molecule has 0 spiro atoms. The lowest BCUT2D eigenvalue weighted by atomic mass is 9.44. The third-order valence-corrected chi connectivity index (χ3v) is 12.7. The Morgan fingerprint density at radius 2 is 1.45 bits per heavy atom. The lowest BCUT2D eigenvalue weighted by Crippen LogP contribution is -2.66. The predicted molar refractivity (Wildman–Crippen MR) is 149 cm³/mol. The lowest BCUT2D eigenvalue weighted by Gasteiger charge is -2.63. The van der Waals surface area contributed by atoms with Crippen molar-refractivity contribution in [1.82, 2.24) is 0 Å². The van der Waals surface area contributed by atoms with Gasteiger partial charge in [-0.05, 0) is 86.9 Å². The molecule has 6 nitrogen and oxygen atoms in total. The number of hydrogen-bond donors (Lipinski definition) is 0. The molecule has 5 fully saturated rings. The molecular weight excluding hydrogens is 476 g/mol. The van der Waals surface area contributed by atoms with Crippen LogP contribution in [-0.4, -0.2) is 86.5 Å². The van der Waals surface area contributed by atoms with Crippen molar-refractivity contribution in [1.29, 1.82) is 0 Å². The Morgan fingerprint density at radius 1 is 0.816 bits per heavy atom. The van der Waals surface area contributed by atoms with Gasteiger partial charge in [-0.3, -0.25) is 9.59 Å². The normalized spacial score (nSPS) is 46.3. The summed E-state index contributed by atoms with van der Waals surface area (Å²) in [5.41, 5.74) is 0.484. The fourth-order valence-electron chi connectivity index (χ4n) is 11.5. The summed E-state index contributed by atoms with van der Waals surface area (Å²) in [7, 11) is 9.34. The van der Waals surface area contributed by atoms with Gasteiger partial charge in [-0.15, -0.1) is 0 Å². The van der Waals surface area contributed by atoms with Crippen molar-refractivity contribution in [2.24, 2.45) is 34.5 Å². The zero-order valence-electron chi connectivity index (χ0n) is 25.6. The van der Waals surface area contributed by atoms with Crippen molar-refractivity contribution in [2.45, 2.75) is 116 Å². The Balaban J connectivity index is 1.46. The summed E-state index contributed by atoms with van der Waals surface area (Å²) in [5.74, 6) is 2.40. The first kappa shape index (κ1) is 28.4. The van der Waals surface area contributed by atoms with Crippen molar-refractivity contribution in [3.8, 4) is 0 Å². The van der Waals surface area contributed by atoms with Crippen LogP contribution in [-0.2, 0) is 19.1 Å². The van der Waals surface area contributed by atoms with E-state index in [1.54, 1.807) is 13.8 Å². The predicted octanol–water partition coefficient (Wildman–Crippen LogP) is 5.19. The highest BCUT2D eigenvalue weighted by molar-refractivity contribution is 5.66. The van der Waals surface area contributed by atoms with Crippen LogP contribution in [0.2, 0.25) is 0 Å². The minimum atomic E-state index is -0.131. The number of likely N-dealkylation sites (N-methyl/N-ethyl adjacent to an activating group) is 2. The van der Waals surface area contributed by atoms with Gasteiger partial charge < -0.3 is 18.4 Å². The zero-order valence-corrected chi connectivity index (χ0v) is 25.6. The van der Waals surface area contributed by atoms with E-state index in [2.05, 4.69) is 42.0 Å². The van der Waals surface area contributed by atoms with Crippen LogP contribution in [0.4, 0.5) is 0 Å². The number of likely N-dealkylation sites (tertiary alicyclic amines) is 1. The van der Waals surface area contributed by atoms with Crippen molar-refractivity contribution in [2.75, 3.05) is 41.3 Å². The van der Waals surface area contributed by atoms with Crippen LogP contribution in [0.1, 0.15) is 91.9 Å². The number of nitrogens with zero attached hydrogens (tertiary/aromatic N) is 2. The summed E-state index contributed by atoms with van der Waals surface area (Å²) in [4.78, 5) is 24.4. The summed E-state index contributed by atoms with van der Waals surface area (Å²) >= 11 is 0. The van der Waals surface area contributed by atoms with Crippen LogP contribution in [0.5, 0.6) is 0 Å². The number of carbonyl (C=O) groups excluding carboxylic acids is 2. The monoisotopic (exact) mass is 532 g/mol. The van der Waals surface area contributed by atoms with E-state index in [4.69, 9.17) is 9.47 Å². The van der Waals surface area contributed by atoms with Crippen LogP contribution in [0, 0.1) is 34.5 Å². The van der Waals surface area contributed by atoms with E-state index in [0.29, 0.717) is 35.8 Å². The Morgan fingerprint density at radius 3 is 2.05 bits per heavy atom. The molecule has 0 N–H and O–H groups in total. The molecule has 0 unspecified atom stereocenters. The third-order valence-electron chi connectivity index (χ3n) is 12.7. The van der Waals surface area contributed by atoms with Gasteiger partial charge in [0.25, 0.3) is 0 Å². The number of fused-ring (bicyclic) bond motifs is 5. The minimum absolute atomic E-state index is 0.0112. The minimum Gasteiger partial charge on any atom is -0.456 e. The molecule has 0 bridgehead atoms. The summed E-state index contributed by atoms with van der Waals surface area (Å²) in [6.07, 6.45) is 12.2. The highest BCUT2D eigenvalue weighted by Crippen LogP contribution is 2.67. The van der Waals surface area contributed by atoms with Crippen molar-refractivity contribution in [3.63, 3.8) is 0 Å². The van der Waals surface area contributed by atoms with E-state index in [1.165, 1.54) is 64.5 Å². The van der Waals surface area contributed by atoms with E-state index in [1.807, 2.05) is 0 Å². The van der Waals surface area contributed by atoms with Gasteiger partial charge in [-0.2, -0.15) is 0 Å². The number of ether oxygens (including phenoxy) is 2. The standard InChI is InChI=1S/C32H56N2O4/c1-21(35)37-28-18-23-12-13-24-25(32(23,4)20-27(28)34(8)16-10-9-11-17-34)14-15-31(3)26(24)19-29(38-22(2)36)30(31)33(5,6)7/h23-30H,9-20H2,1-8H3/q+2/t23-,24+,25-,26-,27-,28-,29-,30-,31-,32-/m0/s1. The molecule has 1 aliphatic heterocycles. The Kier molecular flexibility index (Phi) is 7.28. The molecule has 5 rings (SSSR count). The van der Waals surface area contributed by atoms with E-state index in [9.17, 15) is 9.59 Å². The number of esters is 2. The Bertz CT molecular complexity index is 923. The second-order valence-electron chi connectivity index (χ2n) is 15.8. The highest BCUT2D eigenvalue weighted by Gasteiger charge is 2.67. The molecule has 0 aromatic carbocycles. The number of hydrogen-bond acceptors (Lipinski definition) is 4. The van der Waals surface area contributed by atoms with Gasteiger partial charge in [0, 0.05) is 25.7 Å². The van der Waals surface area contributed by atoms with Gasteiger partial charge in [0.2, 0.25) is 0 Å². The maximum Gasteiger partial charge on any atom is 0.303 e. The molecule has 1 heterocycles. The summed E-state index contributed by atoms with van der Waals surface area (Å²) in [6.45, 7) is 10.8. The van der Waals surface area contributed by atoms with Crippen LogP contribution < -0.4 is 0 Å². The summed E-state index contributed by atoms with van der Waals surface area (Å²) in [5, 5.41) is 0. The average Bonchev–Trinajstić information content (AvgIpc) is 3.10. The highest BCUT2D eigenvalue weighted by atomic mass is 16.5. The third kappa shape index (κ3) is 4.63. The van der Waals surface area contributed by atoms with Gasteiger partial charge in [0.15, 0.2) is 12.2 Å². The van der Waals surface area contributed by atoms with E-state index < -0.39 is 0 Å². The molecule has 216 valence electrons. The first-order valence-corrected chi connectivity index (χ1v) is 15.7. The molecule has 0 amide bonds. The van der Waals surface area contributed by atoms with Gasteiger partial charge in [0.1, 0.15) is 12.1 Å². The number of rotatable bonds is 4. The molecule has 38 heavy (non-hydrogen) atoms. The molecule has 1 saturated heterocycles. The summed E-state index contributed by atoms with van der Waals surface area (Å²) < 4.78 is 14.1. The van der Waals surface area contributed by atoms with Crippen molar-refractivity contribution >= 4 is 11.9 Å². The van der Waals surface area contributed by atoms with Crippen LogP contribution in [0.25, 0.3) is 0 Å². The largest absolute Gasteiger partial charge is 0.456 e. The van der Waals surface area contributed by atoms with Crippen LogP contribution in [0.15, 0.2) is 0 Å². The molecule has 5 aliphatic rings. The molecule has 0 aromatic heterocycles. The van der Waals surface area contributed by atoms with Gasteiger partial charge in [-0.1, -0.05) is 13.8 Å². The smallest absolute Gasteiger partial charge is 0.303 e. The molecule has 0 aromatic rings. The fraction of sp³-hybridized carbons (Fsp3) is 0.938. The number of quaternary nitrogens is 2. The fourth-order valence-corrected chi connectivity index (χ4v) is 11.5. The Labute approximate surface area is 232 Å². The average molecular weight is 533 g/mol. The van der Waals surface area contributed by atoms with Gasteiger partial charge in [-0.25, -0.2) is 0 Å². The van der Waals surface area contributed by atoms with Crippen LogP contribution in [0.3, 0.4) is 0 Å². The van der Waals surface area contributed by atoms with E-state index in [0.717, 1.165) is 21.8 Å². The first-order valence-electron chi connectivity index (χ1n) is 15.7. The first-order chi connectivity index (χ1) is 17.7. The number of piperidine rings is 1. The molecular formula is C32H56N2O4+2. The van der Waals surface area contributed by atoms with Crippen molar-refractivity contribution in [3.05, 3.63) is 0 Å². The molecule has 6 heteroatoms. The summed E-state index contributed by atoms with van der Waals surface area (Å²) in [6, 6.07) is 0.747. The van der Waals surface area contributed by atoms with Gasteiger partial charge in [0.05, 0.1) is 41.3 Å². The Hall–Kier alpha value is -1.14. The van der Waals surface area contributed by atoms with E-state index in [-0.39, 0.29) is 35.0 Å². The number of carbonyl (C=O) groups is 2. The maximum absolute atomic E-state index is 12.2. The molecule has 4 saturated carbocycles. The van der Waals surface area contributed by atoms with E-state index >= 15 is 0 Å². The lowest BCUT2D eigenvalue weighted by molar-refractivity contribution is -0.943. The zero-order chi connectivity index (χ0) is 27.7. The SMILES string of the molecule is CC(=O)O[C@H]1C[C@H]2[C@@H]3CC[C@H]4C[C@H](OC(C)=O)[C@@H]([N+]5(C)CCCCC5)C[C@]4(C)[C@H]3CC[C@]2(C)[C@H]1[N+](C)(C)C. The second-order valence-corrected chi connectivity index (χ2v) is 15.8. The molecule has 0 radical (unpaired) electrons. The maximum atomic E-state index is 12.2. The molecule has 10 atom stereocenters.